The van der Waals surface area contributed by atoms with Crippen LogP contribution in [0.3, 0.4) is 0 Å². The number of nitrogens with two attached hydrogens (primary N) is 1. The lowest BCUT2D eigenvalue weighted by atomic mass is 10.1. The molecule has 3 N–H and O–H groups in total. The van der Waals surface area contributed by atoms with E-state index in [0.29, 0.717) is 6.04 Å². The van der Waals surface area contributed by atoms with Gasteiger partial charge in [0.05, 0.1) is 16.8 Å². The molecule has 2 unspecified atom stereocenters. The van der Waals surface area contributed by atoms with E-state index in [0.717, 1.165) is 22.5 Å². The summed E-state index contributed by atoms with van der Waals surface area (Å²) in [5.74, 6) is 8.79. The smallest absolute Gasteiger partial charge is 0.137 e. The van der Waals surface area contributed by atoms with Crippen LogP contribution in [0.4, 0.5) is 0 Å². The van der Waals surface area contributed by atoms with E-state index in [-0.39, 0.29) is 6.04 Å². The molecule has 90 valence electrons. The molecule has 16 heavy (non-hydrogen) atoms. The number of nitrogens with one attached hydrogen (secondary N) is 1. The van der Waals surface area contributed by atoms with E-state index in [4.69, 9.17) is 10.3 Å². The van der Waals surface area contributed by atoms with Gasteiger partial charge in [-0.25, -0.2) is 5.43 Å². The van der Waals surface area contributed by atoms with Crippen LogP contribution in [0, 0.1) is 0 Å². The number of nitrogens with zero attached hydrogens (tertiary/aromatic N) is 1. The minimum absolute atomic E-state index is 0.0298. The molecule has 0 aromatic carbocycles. The number of rotatable bonds is 3. The van der Waals surface area contributed by atoms with E-state index in [2.05, 4.69) is 33.3 Å². The van der Waals surface area contributed by atoms with Gasteiger partial charge in [-0.3, -0.25) is 10.7 Å². The van der Waals surface area contributed by atoms with Gasteiger partial charge in [0.2, 0.25) is 0 Å². The topological polar surface area (TPSA) is 54.4 Å². The molecule has 1 fully saturated rings. The van der Waals surface area contributed by atoms with E-state index >= 15 is 0 Å². The van der Waals surface area contributed by atoms with Crippen LogP contribution in [0.15, 0.2) is 21.2 Å². The molecular formula is C10H16BrN3OS. The van der Waals surface area contributed by atoms with Gasteiger partial charge in [0, 0.05) is 24.1 Å². The minimum atomic E-state index is 0.0298. The number of halogens is 1. The molecule has 1 aromatic heterocycles. The first kappa shape index (κ1) is 12.4. The molecule has 6 heteroatoms. The van der Waals surface area contributed by atoms with Crippen LogP contribution >= 0.6 is 27.7 Å². The number of hydrogen-bond donors (Lipinski definition) is 2. The molecular weight excluding hydrogens is 290 g/mol. The molecule has 1 aromatic rings. The molecule has 2 rings (SSSR count). The summed E-state index contributed by atoms with van der Waals surface area (Å²) in [4.78, 5) is 2.33. The van der Waals surface area contributed by atoms with Crippen LogP contribution in [0.5, 0.6) is 0 Å². The van der Waals surface area contributed by atoms with Gasteiger partial charge in [0.1, 0.15) is 5.76 Å². The zero-order valence-electron chi connectivity index (χ0n) is 9.15. The van der Waals surface area contributed by atoms with Gasteiger partial charge in [-0.05, 0) is 29.0 Å². The van der Waals surface area contributed by atoms with Gasteiger partial charge in [0.25, 0.3) is 0 Å². The highest BCUT2D eigenvalue weighted by Crippen LogP contribution is 2.31. The average Bonchev–Trinajstić information content (AvgIpc) is 2.69. The fourth-order valence-electron chi connectivity index (χ4n) is 1.95. The highest BCUT2D eigenvalue weighted by atomic mass is 79.9. The second kappa shape index (κ2) is 5.55. The minimum Gasteiger partial charge on any atom is -0.466 e. The van der Waals surface area contributed by atoms with Crippen molar-refractivity contribution in [2.24, 2.45) is 5.84 Å². The summed E-state index contributed by atoms with van der Waals surface area (Å²) in [6.07, 6.45) is 1.68. The normalized spacial score (nSPS) is 24.6. The van der Waals surface area contributed by atoms with Crippen LogP contribution in [0.1, 0.15) is 11.8 Å². The maximum absolute atomic E-state index is 5.66. The maximum Gasteiger partial charge on any atom is 0.137 e. The largest absolute Gasteiger partial charge is 0.466 e. The van der Waals surface area contributed by atoms with Crippen molar-refractivity contribution in [3.63, 3.8) is 0 Å². The van der Waals surface area contributed by atoms with Crippen molar-refractivity contribution in [1.29, 1.82) is 0 Å². The fraction of sp³-hybridized carbons (Fsp3) is 0.600. The summed E-state index contributed by atoms with van der Waals surface area (Å²) in [6.45, 7) is 1.09. The molecule has 1 saturated heterocycles. The number of furan rings is 1. The van der Waals surface area contributed by atoms with Gasteiger partial charge in [-0.1, -0.05) is 0 Å². The lowest BCUT2D eigenvalue weighted by Gasteiger charge is -2.36. The Bertz CT molecular complexity index is 347. The molecule has 0 radical (unpaired) electrons. The van der Waals surface area contributed by atoms with E-state index in [1.807, 2.05) is 17.8 Å². The van der Waals surface area contributed by atoms with E-state index < -0.39 is 0 Å². The zero-order valence-corrected chi connectivity index (χ0v) is 11.6. The van der Waals surface area contributed by atoms with Crippen molar-refractivity contribution in [2.45, 2.75) is 12.1 Å². The van der Waals surface area contributed by atoms with Crippen molar-refractivity contribution in [1.82, 2.24) is 10.3 Å². The van der Waals surface area contributed by atoms with Crippen molar-refractivity contribution in [3.05, 3.63) is 22.6 Å². The Morgan fingerprint density at radius 1 is 1.75 bits per heavy atom. The van der Waals surface area contributed by atoms with Crippen molar-refractivity contribution in [3.8, 4) is 0 Å². The molecule has 0 spiro atoms. The van der Waals surface area contributed by atoms with Gasteiger partial charge in [-0.2, -0.15) is 11.8 Å². The summed E-state index contributed by atoms with van der Waals surface area (Å²) >= 11 is 5.44. The first-order valence-electron chi connectivity index (χ1n) is 5.21. The van der Waals surface area contributed by atoms with Crippen LogP contribution in [-0.4, -0.2) is 36.0 Å². The Hall–Kier alpha value is -0.0100. The Morgan fingerprint density at radius 3 is 3.12 bits per heavy atom. The van der Waals surface area contributed by atoms with Crippen molar-refractivity contribution >= 4 is 27.7 Å². The van der Waals surface area contributed by atoms with Crippen LogP contribution in [0.2, 0.25) is 0 Å². The highest BCUT2D eigenvalue weighted by Gasteiger charge is 2.31. The average molecular weight is 306 g/mol. The molecule has 0 saturated carbocycles. The van der Waals surface area contributed by atoms with Gasteiger partial charge >= 0.3 is 0 Å². The molecule has 0 bridgehead atoms. The monoisotopic (exact) mass is 305 g/mol. The number of likely N-dealkylation sites (N-methyl/N-ethyl adjacent to an activating group) is 1. The summed E-state index contributed by atoms with van der Waals surface area (Å²) in [5, 5.41) is 0. The Morgan fingerprint density at radius 2 is 2.56 bits per heavy atom. The first-order valence-corrected chi connectivity index (χ1v) is 7.16. The number of hydrogen-bond acceptors (Lipinski definition) is 5. The molecule has 0 aliphatic carbocycles. The van der Waals surface area contributed by atoms with Gasteiger partial charge in [-0.15, -0.1) is 0 Å². The predicted molar refractivity (Wildman–Crippen MR) is 70.2 cm³/mol. The SMILES string of the molecule is CN1CCSCC1C(NN)c1occc1Br. The lowest BCUT2D eigenvalue weighted by molar-refractivity contribution is 0.199. The van der Waals surface area contributed by atoms with Crippen LogP contribution in [-0.2, 0) is 0 Å². The van der Waals surface area contributed by atoms with Gasteiger partial charge in [0.15, 0.2) is 0 Å². The van der Waals surface area contributed by atoms with Crippen molar-refractivity contribution in [2.75, 3.05) is 25.1 Å². The Labute approximate surface area is 108 Å². The molecule has 1 aliphatic rings. The maximum atomic E-state index is 5.66. The highest BCUT2D eigenvalue weighted by molar-refractivity contribution is 9.10. The summed E-state index contributed by atoms with van der Waals surface area (Å²) in [7, 11) is 2.13. The standard InChI is InChI=1S/C10H16BrN3OS/c1-14-3-5-16-6-8(14)9(13-12)10-7(11)2-4-15-10/h2,4,8-9,13H,3,5-6,12H2,1H3. The second-order valence-electron chi connectivity index (χ2n) is 3.90. The number of hydrazine groups is 1. The molecule has 0 amide bonds. The molecule has 1 aliphatic heterocycles. The van der Waals surface area contributed by atoms with Crippen LogP contribution < -0.4 is 11.3 Å². The number of thioether (sulfide) groups is 1. The third-order valence-electron chi connectivity index (χ3n) is 2.93. The van der Waals surface area contributed by atoms with E-state index in [1.54, 1.807) is 6.26 Å². The third kappa shape index (κ3) is 2.46. The summed E-state index contributed by atoms with van der Waals surface area (Å²) in [6, 6.07) is 2.30. The molecule has 4 nitrogen and oxygen atoms in total. The quantitative estimate of drug-likeness (QED) is 0.656. The Kier molecular flexibility index (Phi) is 4.32. The summed E-state index contributed by atoms with van der Waals surface area (Å²) in [5.41, 5.74) is 2.87. The molecule has 2 atom stereocenters. The van der Waals surface area contributed by atoms with Crippen LogP contribution in [0.25, 0.3) is 0 Å². The second-order valence-corrected chi connectivity index (χ2v) is 5.90. The predicted octanol–water partition coefficient (Wildman–Crippen LogP) is 1.59. The van der Waals surface area contributed by atoms with E-state index in [1.165, 1.54) is 5.75 Å². The third-order valence-corrected chi connectivity index (χ3v) is 4.64. The lowest BCUT2D eigenvalue weighted by Crippen LogP contribution is -2.49. The van der Waals surface area contributed by atoms with Gasteiger partial charge < -0.3 is 4.42 Å². The van der Waals surface area contributed by atoms with E-state index in [9.17, 15) is 0 Å². The molecule has 2 heterocycles. The fourth-order valence-corrected chi connectivity index (χ4v) is 3.67. The Balaban J connectivity index is 2.18. The van der Waals surface area contributed by atoms with Crippen molar-refractivity contribution < 1.29 is 4.42 Å². The zero-order chi connectivity index (χ0) is 11.5. The first-order chi connectivity index (χ1) is 7.74. The summed E-state index contributed by atoms with van der Waals surface area (Å²) < 4.78 is 6.47.